The van der Waals surface area contributed by atoms with Crippen LogP contribution in [0.25, 0.3) is 11.1 Å². The lowest BCUT2D eigenvalue weighted by Gasteiger charge is -2.26. The molecule has 0 spiro atoms. The molecule has 0 saturated carbocycles. The van der Waals surface area contributed by atoms with Gasteiger partial charge in [0.1, 0.15) is 12.4 Å². The molecule has 4 heteroatoms. The van der Waals surface area contributed by atoms with Gasteiger partial charge in [-0.1, -0.05) is 25.5 Å². The zero-order valence-electron chi connectivity index (χ0n) is 14.7. The number of benzene rings is 2. The first kappa shape index (κ1) is 17.7. The third-order valence-electron chi connectivity index (χ3n) is 4.74. The molecule has 2 aromatic carbocycles. The second-order valence-electron chi connectivity index (χ2n) is 6.49. The third-order valence-corrected chi connectivity index (χ3v) is 4.74. The highest BCUT2D eigenvalue weighted by molar-refractivity contribution is 5.69. The van der Waals surface area contributed by atoms with Gasteiger partial charge in [0.25, 0.3) is 0 Å². The van der Waals surface area contributed by atoms with Gasteiger partial charge in [0.15, 0.2) is 11.6 Å². The van der Waals surface area contributed by atoms with Crippen molar-refractivity contribution in [3.05, 3.63) is 47.8 Å². The minimum Gasteiger partial charge on any atom is -0.505 e. The number of aryl methyl sites for hydroxylation is 1. The Morgan fingerprint density at radius 2 is 1.96 bits per heavy atom. The summed E-state index contributed by atoms with van der Waals surface area (Å²) in [6.45, 7) is 5.91. The summed E-state index contributed by atoms with van der Waals surface area (Å²) in [6.07, 6.45) is 4.69. The topological polar surface area (TPSA) is 32.7 Å². The van der Waals surface area contributed by atoms with Gasteiger partial charge in [0.2, 0.25) is 0 Å². The molecule has 3 rings (SSSR count). The maximum Gasteiger partial charge on any atom is 0.165 e. The molecule has 25 heavy (non-hydrogen) atoms. The average molecular weight is 342 g/mol. The lowest BCUT2D eigenvalue weighted by Crippen LogP contribution is -2.33. The van der Waals surface area contributed by atoms with Gasteiger partial charge >= 0.3 is 0 Å². The van der Waals surface area contributed by atoms with Gasteiger partial charge in [-0.3, -0.25) is 4.90 Å². The highest BCUT2D eigenvalue weighted by atomic mass is 19.1. The SMILES string of the molecule is CCc1ccc(OCCN2CCCCC2)[c]c1-c1ccc(O)c(F)c1. The van der Waals surface area contributed by atoms with Crippen molar-refractivity contribution in [1.29, 1.82) is 0 Å². The number of likely N-dealkylation sites (tertiary alicyclic amines) is 1. The van der Waals surface area contributed by atoms with Gasteiger partial charge < -0.3 is 9.84 Å². The number of halogens is 1. The molecule has 2 aromatic rings. The third kappa shape index (κ3) is 4.51. The maximum atomic E-state index is 13.7. The van der Waals surface area contributed by atoms with Crippen molar-refractivity contribution in [1.82, 2.24) is 4.90 Å². The van der Waals surface area contributed by atoms with E-state index in [-0.39, 0.29) is 5.75 Å². The molecule has 1 radical (unpaired) electrons. The van der Waals surface area contributed by atoms with E-state index < -0.39 is 5.82 Å². The summed E-state index contributed by atoms with van der Waals surface area (Å²) >= 11 is 0. The second-order valence-corrected chi connectivity index (χ2v) is 6.49. The summed E-state index contributed by atoms with van der Waals surface area (Å²) in [5.41, 5.74) is 2.61. The normalized spacial score (nSPS) is 15.3. The van der Waals surface area contributed by atoms with E-state index in [0.29, 0.717) is 17.9 Å². The molecule has 0 aromatic heterocycles. The van der Waals surface area contributed by atoms with Crippen molar-refractivity contribution in [3.63, 3.8) is 0 Å². The fourth-order valence-electron chi connectivity index (χ4n) is 3.27. The Labute approximate surface area is 149 Å². The Balaban J connectivity index is 1.71. The average Bonchev–Trinajstić information content (AvgIpc) is 2.65. The summed E-state index contributed by atoms with van der Waals surface area (Å²) in [5.74, 6) is -0.280. The van der Waals surface area contributed by atoms with Crippen LogP contribution in [0.5, 0.6) is 11.5 Å². The highest BCUT2D eigenvalue weighted by Crippen LogP contribution is 2.30. The summed E-state index contributed by atoms with van der Waals surface area (Å²) < 4.78 is 19.6. The van der Waals surface area contributed by atoms with Gasteiger partial charge in [0, 0.05) is 12.6 Å². The number of phenolic OH excluding ortho intramolecular Hbond substituents is 1. The van der Waals surface area contributed by atoms with E-state index in [1.165, 1.54) is 31.4 Å². The minimum atomic E-state index is -0.621. The van der Waals surface area contributed by atoms with Crippen LogP contribution in [0.15, 0.2) is 30.3 Å². The number of hydrogen-bond acceptors (Lipinski definition) is 3. The Bertz CT molecular complexity index is 711. The fraction of sp³-hybridized carbons (Fsp3) is 0.429. The summed E-state index contributed by atoms with van der Waals surface area (Å²) in [4.78, 5) is 2.43. The van der Waals surface area contributed by atoms with Crippen LogP contribution in [0, 0.1) is 11.9 Å². The Morgan fingerprint density at radius 3 is 2.68 bits per heavy atom. The standard InChI is InChI=1S/C21H25FNO2/c1-2-16-6-8-18(25-13-12-23-10-4-3-5-11-23)15-19(16)17-7-9-21(24)20(22)14-17/h6-9,14,24H,2-5,10-13H2,1H3. The van der Waals surface area contributed by atoms with E-state index in [2.05, 4.69) is 17.9 Å². The molecule has 1 fully saturated rings. The van der Waals surface area contributed by atoms with Crippen LogP contribution in [0.2, 0.25) is 0 Å². The molecular weight excluding hydrogens is 317 g/mol. The van der Waals surface area contributed by atoms with Crippen LogP contribution < -0.4 is 4.74 Å². The summed E-state index contributed by atoms with van der Waals surface area (Å²) in [6, 6.07) is 11.6. The van der Waals surface area contributed by atoms with E-state index in [9.17, 15) is 9.50 Å². The quantitative estimate of drug-likeness (QED) is 0.843. The fourth-order valence-corrected chi connectivity index (χ4v) is 3.27. The highest BCUT2D eigenvalue weighted by Gasteiger charge is 2.12. The number of ether oxygens (including phenoxy) is 1. The van der Waals surface area contributed by atoms with Crippen LogP contribution in [0.1, 0.15) is 31.7 Å². The van der Waals surface area contributed by atoms with Crippen molar-refractivity contribution in [3.8, 4) is 22.6 Å². The first-order valence-corrected chi connectivity index (χ1v) is 9.06. The predicted octanol–water partition coefficient (Wildman–Crippen LogP) is 4.43. The van der Waals surface area contributed by atoms with Gasteiger partial charge in [-0.2, -0.15) is 0 Å². The zero-order chi connectivity index (χ0) is 17.6. The number of phenols is 1. The van der Waals surface area contributed by atoms with Crippen LogP contribution in [0.3, 0.4) is 0 Å². The first-order chi connectivity index (χ1) is 12.2. The molecule has 1 aliphatic rings. The number of rotatable bonds is 6. The maximum absolute atomic E-state index is 13.7. The van der Waals surface area contributed by atoms with E-state index in [4.69, 9.17) is 4.74 Å². The van der Waals surface area contributed by atoms with Crippen molar-refractivity contribution >= 4 is 0 Å². The Hall–Kier alpha value is -2.07. The molecule has 3 nitrogen and oxygen atoms in total. The monoisotopic (exact) mass is 342 g/mol. The van der Waals surface area contributed by atoms with Crippen LogP contribution in [-0.4, -0.2) is 36.2 Å². The largest absolute Gasteiger partial charge is 0.505 e. The lowest BCUT2D eigenvalue weighted by molar-refractivity contribution is 0.183. The van der Waals surface area contributed by atoms with E-state index in [1.54, 1.807) is 6.07 Å². The molecule has 1 heterocycles. The second kappa shape index (κ2) is 8.34. The molecule has 0 aliphatic carbocycles. The Kier molecular flexibility index (Phi) is 5.92. The molecule has 1 aliphatic heterocycles. The minimum absolute atomic E-state index is 0.337. The van der Waals surface area contributed by atoms with E-state index in [1.807, 2.05) is 12.1 Å². The molecule has 0 atom stereocenters. The van der Waals surface area contributed by atoms with Gasteiger partial charge in [-0.05, 0) is 67.2 Å². The van der Waals surface area contributed by atoms with Gasteiger partial charge in [-0.25, -0.2) is 4.39 Å². The number of aromatic hydroxyl groups is 1. The number of nitrogens with zero attached hydrogens (tertiary/aromatic N) is 1. The van der Waals surface area contributed by atoms with Crippen LogP contribution in [0.4, 0.5) is 4.39 Å². The molecule has 0 amide bonds. The van der Waals surface area contributed by atoms with Crippen molar-refractivity contribution in [2.75, 3.05) is 26.2 Å². The molecule has 1 N–H and O–H groups in total. The number of piperidine rings is 1. The summed E-state index contributed by atoms with van der Waals surface area (Å²) in [7, 11) is 0. The number of hydrogen-bond donors (Lipinski definition) is 1. The Morgan fingerprint density at radius 1 is 1.16 bits per heavy atom. The summed E-state index contributed by atoms with van der Waals surface area (Å²) in [5, 5.41) is 9.40. The van der Waals surface area contributed by atoms with Gasteiger partial charge in [-0.15, -0.1) is 0 Å². The van der Waals surface area contributed by atoms with E-state index in [0.717, 1.165) is 37.2 Å². The molecule has 1 saturated heterocycles. The smallest absolute Gasteiger partial charge is 0.165 e. The van der Waals surface area contributed by atoms with Crippen LogP contribution in [-0.2, 0) is 6.42 Å². The first-order valence-electron chi connectivity index (χ1n) is 9.06. The molecular formula is C21H25FNO2. The van der Waals surface area contributed by atoms with Crippen molar-refractivity contribution in [2.24, 2.45) is 0 Å². The molecule has 0 unspecified atom stereocenters. The molecule has 133 valence electrons. The van der Waals surface area contributed by atoms with Crippen molar-refractivity contribution in [2.45, 2.75) is 32.6 Å². The van der Waals surface area contributed by atoms with Crippen molar-refractivity contribution < 1.29 is 14.2 Å². The van der Waals surface area contributed by atoms with Crippen LogP contribution >= 0.6 is 0 Å². The zero-order valence-corrected chi connectivity index (χ0v) is 14.7. The molecule has 0 bridgehead atoms. The van der Waals surface area contributed by atoms with E-state index >= 15 is 0 Å². The predicted molar refractivity (Wildman–Crippen MR) is 97.5 cm³/mol. The lowest BCUT2D eigenvalue weighted by atomic mass is 9.97. The van der Waals surface area contributed by atoms with Gasteiger partial charge in [0.05, 0.1) is 0 Å².